The summed E-state index contributed by atoms with van der Waals surface area (Å²) in [5, 5.41) is -0.494. The van der Waals surface area contributed by atoms with Crippen molar-refractivity contribution in [2.75, 3.05) is 12.4 Å². The Balaban J connectivity index is 2.68. The summed E-state index contributed by atoms with van der Waals surface area (Å²) in [6.07, 6.45) is 1.25. The van der Waals surface area contributed by atoms with Gasteiger partial charge < -0.3 is 10.5 Å². The molecule has 0 saturated heterocycles. The number of sulfone groups is 1. The van der Waals surface area contributed by atoms with Crippen molar-refractivity contribution in [2.45, 2.75) is 38.0 Å². The van der Waals surface area contributed by atoms with E-state index in [0.717, 1.165) is 0 Å². The maximum atomic E-state index is 11.9. The van der Waals surface area contributed by atoms with Crippen LogP contribution in [-0.2, 0) is 19.4 Å². The van der Waals surface area contributed by atoms with Crippen molar-refractivity contribution >= 4 is 15.8 Å². The molecule has 3 unspecified atom stereocenters. The number of rotatable bonds is 4. The molecule has 0 spiro atoms. The lowest BCUT2D eigenvalue weighted by Crippen LogP contribution is -2.35. The first kappa shape index (κ1) is 13.4. The molecule has 6 heteroatoms. The van der Waals surface area contributed by atoms with Crippen LogP contribution in [0.1, 0.15) is 26.7 Å². The van der Waals surface area contributed by atoms with Crippen LogP contribution in [0.15, 0.2) is 0 Å². The van der Waals surface area contributed by atoms with E-state index < -0.39 is 26.8 Å². The molecule has 0 aliphatic heterocycles. The van der Waals surface area contributed by atoms with Crippen molar-refractivity contribution < 1.29 is 17.9 Å². The van der Waals surface area contributed by atoms with Gasteiger partial charge in [-0.2, -0.15) is 0 Å². The van der Waals surface area contributed by atoms with Crippen LogP contribution in [0.5, 0.6) is 0 Å². The molecule has 2 N–H and O–H groups in total. The average Bonchev–Trinajstić information content (AvgIpc) is 2.47. The van der Waals surface area contributed by atoms with Crippen molar-refractivity contribution in [2.24, 2.45) is 11.7 Å². The van der Waals surface area contributed by atoms with Crippen LogP contribution in [0.2, 0.25) is 0 Å². The second-order valence-electron chi connectivity index (χ2n) is 4.25. The molecule has 0 aromatic rings. The summed E-state index contributed by atoms with van der Waals surface area (Å²) in [6, 6.07) is -0.0815. The summed E-state index contributed by atoms with van der Waals surface area (Å²) in [4.78, 5) is 11.2. The summed E-state index contributed by atoms with van der Waals surface area (Å²) < 4.78 is 28.5. The Morgan fingerprint density at radius 1 is 1.44 bits per heavy atom. The second kappa shape index (κ2) is 5.14. The molecule has 0 amide bonds. The zero-order valence-electron chi connectivity index (χ0n) is 9.68. The smallest absolute Gasteiger partial charge is 0.321 e. The fourth-order valence-corrected chi connectivity index (χ4v) is 4.12. The topological polar surface area (TPSA) is 86.5 Å². The van der Waals surface area contributed by atoms with Gasteiger partial charge in [-0.1, -0.05) is 6.92 Å². The van der Waals surface area contributed by atoms with Crippen molar-refractivity contribution in [1.82, 2.24) is 0 Å². The Bertz CT molecular complexity index is 352. The first-order valence-corrected chi connectivity index (χ1v) is 7.22. The van der Waals surface area contributed by atoms with Crippen molar-refractivity contribution in [1.29, 1.82) is 0 Å². The molecular weight excluding hydrogens is 230 g/mol. The monoisotopic (exact) mass is 249 g/mol. The molecule has 0 aromatic carbocycles. The lowest BCUT2D eigenvalue weighted by molar-refractivity contribution is -0.139. The molecule has 94 valence electrons. The number of nitrogens with two attached hydrogens (primary N) is 1. The lowest BCUT2D eigenvalue weighted by Gasteiger charge is -2.17. The van der Waals surface area contributed by atoms with Crippen LogP contribution in [-0.4, -0.2) is 38.0 Å². The van der Waals surface area contributed by atoms with Crippen LogP contribution < -0.4 is 5.73 Å². The highest BCUT2D eigenvalue weighted by Crippen LogP contribution is 2.30. The largest absolute Gasteiger partial charge is 0.465 e. The molecule has 1 saturated carbocycles. The number of esters is 1. The minimum Gasteiger partial charge on any atom is -0.465 e. The van der Waals surface area contributed by atoms with Gasteiger partial charge in [0.1, 0.15) is 5.75 Å². The van der Waals surface area contributed by atoms with Gasteiger partial charge in [0.15, 0.2) is 9.84 Å². The maximum Gasteiger partial charge on any atom is 0.321 e. The molecule has 5 nitrogen and oxygen atoms in total. The summed E-state index contributed by atoms with van der Waals surface area (Å²) in [6.45, 7) is 3.68. The zero-order chi connectivity index (χ0) is 12.3. The lowest BCUT2D eigenvalue weighted by atomic mass is 10.1. The Kier molecular flexibility index (Phi) is 4.32. The first-order valence-electron chi connectivity index (χ1n) is 5.51. The zero-order valence-corrected chi connectivity index (χ0v) is 10.5. The van der Waals surface area contributed by atoms with E-state index in [9.17, 15) is 13.2 Å². The third-order valence-corrected chi connectivity index (χ3v) is 5.36. The highest BCUT2D eigenvalue weighted by molar-refractivity contribution is 7.92. The Morgan fingerprint density at radius 2 is 2.06 bits per heavy atom. The Morgan fingerprint density at radius 3 is 2.50 bits per heavy atom. The standard InChI is InChI=1S/C10H19NO4S/c1-3-15-10(12)6-16(13,14)9-5-4-8(11)7(9)2/h7-9H,3-6,11H2,1-2H3. The van der Waals surface area contributed by atoms with E-state index in [1.54, 1.807) is 6.92 Å². The van der Waals surface area contributed by atoms with E-state index in [-0.39, 0.29) is 18.6 Å². The highest BCUT2D eigenvalue weighted by atomic mass is 32.2. The van der Waals surface area contributed by atoms with Crippen LogP contribution in [0.4, 0.5) is 0 Å². The fraction of sp³-hybridized carbons (Fsp3) is 0.900. The van der Waals surface area contributed by atoms with Gasteiger partial charge in [0.05, 0.1) is 11.9 Å². The van der Waals surface area contributed by atoms with Gasteiger partial charge in [-0.15, -0.1) is 0 Å². The third kappa shape index (κ3) is 2.95. The van der Waals surface area contributed by atoms with E-state index in [1.807, 2.05) is 6.92 Å². The Labute approximate surface area is 96.3 Å². The van der Waals surface area contributed by atoms with Gasteiger partial charge in [-0.25, -0.2) is 8.42 Å². The summed E-state index contributed by atoms with van der Waals surface area (Å²) in [7, 11) is -3.42. The van der Waals surface area contributed by atoms with Crippen LogP contribution >= 0.6 is 0 Å². The molecule has 0 heterocycles. The third-order valence-electron chi connectivity index (χ3n) is 3.13. The first-order chi connectivity index (χ1) is 7.38. The number of carbonyl (C=O) groups excluding carboxylic acids is 1. The molecule has 16 heavy (non-hydrogen) atoms. The quantitative estimate of drug-likeness (QED) is 0.714. The van der Waals surface area contributed by atoms with E-state index in [4.69, 9.17) is 5.73 Å². The van der Waals surface area contributed by atoms with E-state index in [0.29, 0.717) is 12.8 Å². The van der Waals surface area contributed by atoms with E-state index in [2.05, 4.69) is 4.74 Å². The molecule has 0 radical (unpaired) electrons. The highest BCUT2D eigenvalue weighted by Gasteiger charge is 2.40. The molecule has 0 aromatic heterocycles. The minimum atomic E-state index is -3.42. The van der Waals surface area contributed by atoms with Crippen LogP contribution in [0.25, 0.3) is 0 Å². The second-order valence-corrected chi connectivity index (χ2v) is 6.47. The number of carbonyl (C=O) groups is 1. The van der Waals surface area contributed by atoms with E-state index >= 15 is 0 Å². The summed E-state index contributed by atoms with van der Waals surface area (Å²) in [5.74, 6) is -1.28. The molecule has 1 fully saturated rings. The molecule has 3 atom stereocenters. The predicted octanol–water partition coefficient (Wildman–Crippen LogP) is 0.0901. The maximum absolute atomic E-state index is 11.9. The van der Waals surface area contributed by atoms with Gasteiger partial charge in [0.2, 0.25) is 0 Å². The van der Waals surface area contributed by atoms with Gasteiger partial charge in [0.25, 0.3) is 0 Å². The predicted molar refractivity (Wildman–Crippen MR) is 60.6 cm³/mol. The minimum absolute atomic E-state index is 0.0815. The Hall–Kier alpha value is -0.620. The SMILES string of the molecule is CCOC(=O)CS(=O)(=O)C1CCC(N)C1C. The molecule has 1 rings (SSSR count). The van der Waals surface area contributed by atoms with Gasteiger partial charge in [0, 0.05) is 6.04 Å². The summed E-state index contributed by atoms with van der Waals surface area (Å²) >= 11 is 0. The number of hydrogen-bond donors (Lipinski definition) is 1. The van der Waals surface area contributed by atoms with Crippen molar-refractivity contribution in [3.8, 4) is 0 Å². The van der Waals surface area contributed by atoms with Gasteiger partial charge in [-0.05, 0) is 25.7 Å². The summed E-state index contributed by atoms with van der Waals surface area (Å²) in [5.41, 5.74) is 5.77. The van der Waals surface area contributed by atoms with Crippen molar-refractivity contribution in [3.05, 3.63) is 0 Å². The molecule has 1 aliphatic rings. The number of ether oxygens (including phenoxy) is 1. The van der Waals surface area contributed by atoms with Crippen molar-refractivity contribution in [3.63, 3.8) is 0 Å². The van der Waals surface area contributed by atoms with Gasteiger partial charge >= 0.3 is 5.97 Å². The van der Waals surface area contributed by atoms with E-state index in [1.165, 1.54) is 0 Å². The molecule has 1 aliphatic carbocycles. The van der Waals surface area contributed by atoms with Crippen LogP contribution in [0, 0.1) is 5.92 Å². The normalized spacial score (nSPS) is 30.3. The molecular formula is C10H19NO4S. The average molecular weight is 249 g/mol. The fourth-order valence-electron chi connectivity index (χ4n) is 2.14. The van der Waals surface area contributed by atoms with Crippen LogP contribution in [0.3, 0.4) is 0 Å². The number of hydrogen-bond acceptors (Lipinski definition) is 5. The molecule has 0 bridgehead atoms. The van der Waals surface area contributed by atoms with Gasteiger partial charge in [-0.3, -0.25) is 4.79 Å².